The standard InChI is InChI=1S/C25H21ClF3N3O4/c1-13(33)31-23-12-18(6-7-30-23)36-17-4-2-14-10-22(34)19(9-15(14)8-17)24(35)32-16-3-5-21(26)20(11-16)25(27,28)29/h2-8,11-12,19,22,34H,9-10H2,1H3,(H,32,35)(H,30,31,33). The monoisotopic (exact) mass is 519 g/mol. The summed E-state index contributed by atoms with van der Waals surface area (Å²) in [6.45, 7) is 1.36. The number of aliphatic hydroxyl groups excluding tert-OH is 1. The molecule has 0 fully saturated rings. The van der Waals surface area contributed by atoms with Crippen LogP contribution in [0.2, 0.25) is 5.02 Å². The molecular formula is C25H21ClF3N3O4. The lowest BCUT2D eigenvalue weighted by atomic mass is 9.81. The summed E-state index contributed by atoms with van der Waals surface area (Å²) in [4.78, 5) is 28.2. The van der Waals surface area contributed by atoms with E-state index < -0.39 is 34.7 Å². The van der Waals surface area contributed by atoms with E-state index in [2.05, 4.69) is 15.6 Å². The Kier molecular flexibility index (Phi) is 7.18. The molecule has 11 heteroatoms. The largest absolute Gasteiger partial charge is 0.457 e. The molecule has 0 bridgehead atoms. The Morgan fingerprint density at radius 2 is 1.78 bits per heavy atom. The van der Waals surface area contributed by atoms with Crippen molar-refractivity contribution in [3.8, 4) is 11.5 Å². The first-order chi connectivity index (χ1) is 17.0. The molecule has 7 nitrogen and oxygen atoms in total. The number of nitrogens with zero attached hydrogens (tertiary/aromatic N) is 1. The second-order valence-electron chi connectivity index (χ2n) is 8.35. The number of anilines is 2. The molecule has 0 spiro atoms. The number of benzene rings is 2. The van der Waals surface area contributed by atoms with Crippen LogP contribution in [0, 0.1) is 5.92 Å². The number of halogens is 4. The van der Waals surface area contributed by atoms with Gasteiger partial charge in [-0.1, -0.05) is 17.7 Å². The van der Waals surface area contributed by atoms with Gasteiger partial charge in [-0.05, 0) is 60.4 Å². The van der Waals surface area contributed by atoms with Crippen LogP contribution in [-0.2, 0) is 28.6 Å². The molecule has 2 atom stereocenters. The predicted molar refractivity (Wildman–Crippen MR) is 127 cm³/mol. The molecule has 2 amide bonds. The van der Waals surface area contributed by atoms with Gasteiger partial charge in [0.15, 0.2) is 0 Å². The number of nitrogens with one attached hydrogen (secondary N) is 2. The maximum atomic E-state index is 13.1. The lowest BCUT2D eigenvalue weighted by Crippen LogP contribution is -2.39. The molecule has 0 aliphatic heterocycles. The van der Waals surface area contributed by atoms with E-state index in [1.54, 1.807) is 30.3 Å². The molecule has 1 aliphatic carbocycles. The van der Waals surface area contributed by atoms with Crippen molar-refractivity contribution in [3.63, 3.8) is 0 Å². The van der Waals surface area contributed by atoms with Crippen LogP contribution in [-0.4, -0.2) is 28.0 Å². The maximum Gasteiger partial charge on any atom is 0.417 e. The molecule has 0 radical (unpaired) electrons. The fourth-order valence-electron chi connectivity index (χ4n) is 3.98. The molecule has 1 aliphatic rings. The lowest BCUT2D eigenvalue weighted by Gasteiger charge is -2.29. The minimum atomic E-state index is -4.67. The average Bonchev–Trinajstić information content (AvgIpc) is 2.79. The fourth-order valence-corrected chi connectivity index (χ4v) is 4.20. The van der Waals surface area contributed by atoms with Gasteiger partial charge in [0.2, 0.25) is 11.8 Å². The van der Waals surface area contributed by atoms with Gasteiger partial charge in [-0.2, -0.15) is 13.2 Å². The number of pyridine rings is 1. The smallest absolute Gasteiger partial charge is 0.417 e. The van der Waals surface area contributed by atoms with Crippen LogP contribution in [0.15, 0.2) is 54.7 Å². The van der Waals surface area contributed by atoms with Crippen LogP contribution < -0.4 is 15.4 Å². The summed E-state index contributed by atoms with van der Waals surface area (Å²) in [5, 5.41) is 15.1. The summed E-state index contributed by atoms with van der Waals surface area (Å²) in [6, 6.07) is 11.5. The fraction of sp³-hybridized carbons (Fsp3) is 0.240. The quantitative estimate of drug-likeness (QED) is 0.429. The Hall–Kier alpha value is -3.63. The van der Waals surface area contributed by atoms with E-state index in [0.717, 1.165) is 23.3 Å². The highest BCUT2D eigenvalue weighted by Gasteiger charge is 2.35. The SMILES string of the molecule is CC(=O)Nc1cc(Oc2ccc3c(c2)CC(C(=O)Nc2ccc(Cl)c(C(F)(F)F)c2)C(O)C3)ccn1. The van der Waals surface area contributed by atoms with Crippen molar-refractivity contribution in [2.75, 3.05) is 10.6 Å². The van der Waals surface area contributed by atoms with E-state index in [0.29, 0.717) is 17.3 Å². The van der Waals surface area contributed by atoms with Crippen LogP contribution in [0.1, 0.15) is 23.6 Å². The second kappa shape index (κ2) is 10.2. The van der Waals surface area contributed by atoms with Gasteiger partial charge < -0.3 is 20.5 Å². The van der Waals surface area contributed by atoms with Gasteiger partial charge in [-0.15, -0.1) is 0 Å². The summed E-state index contributed by atoms with van der Waals surface area (Å²) < 4.78 is 45.3. The van der Waals surface area contributed by atoms with Crippen molar-refractivity contribution < 1.29 is 32.6 Å². The number of rotatable bonds is 5. The molecule has 188 valence electrons. The third kappa shape index (κ3) is 5.95. The Morgan fingerprint density at radius 1 is 1.03 bits per heavy atom. The Balaban J connectivity index is 1.49. The summed E-state index contributed by atoms with van der Waals surface area (Å²) in [6.07, 6.45) is -3.85. The predicted octanol–water partition coefficient (Wildman–Crippen LogP) is 5.22. The van der Waals surface area contributed by atoms with Gasteiger partial charge in [0.05, 0.1) is 22.6 Å². The second-order valence-corrected chi connectivity index (χ2v) is 8.76. The minimum Gasteiger partial charge on any atom is -0.457 e. The number of amides is 2. The highest BCUT2D eigenvalue weighted by atomic mass is 35.5. The first kappa shape index (κ1) is 25.5. The molecular weight excluding hydrogens is 499 g/mol. The van der Waals surface area contributed by atoms with Crippen LogP contribution >= 0.6 is 11.6 Å². The van der Waals surface area contributed by atoms with E-state index in [1.807, 2.05) is 0 Å². The third-order valence-electron chi connectivity index (χ3n) is 5.66. The molecule has 1 aromatic heterocycles. The van der Waals surface area contributed by atoms with Gasteiger partial charge in [0, 0.05) is 24.9 Å². The van der Waals surface area contributed by atoms with Crippen LogP contribution in [0.3, 0.4) is 0 Å². The molecule has 3 N–H and O–H groups in total. The number of ether oxygens (including phenoxy) is 1. The van der Waals surface area contributed by atoms with E-state index in [4.69, 9.17) is 16.3 Å². The van der Waals surface area contributed by atoms with Gasteiger partial charge in [-0.25, -0.2) is 4.98 Å². The Morgan fingerprint density at radius 3 is 2.50 bits per heavy atom. The number of carbonyl (C=O) groups is 2. The van der Waals surface area contributed by atoms with Crippen LogP contribution in [0.25, 0.3) is 0 Å². The van der Waals surface area contributed by atoms with Gasteiger partial charge in [0.1, 0.15) is 17.3 Å². The van der Waals surface area contributed by atoms with Crippen molar-refractivity contribution in [3.05, 3.63) is 76.4 Å². The number of hydrogen-bond donors (Lipinski definition) is 3. The molecule has 3 aromatic rings. The number of aromatic nitrogens is 1. The molecule has 2 unspecified atom stereocenters. The third-order valence-corrected chi connectivity index (χ3v) is 5.99. The van der Waals surface area contributed by atoms with E-state index in [-0.39, 0.29) is 24.4 Å². The lowest BCUT2D eigenvalue weighted by molar-refractivity contribution is -0.137. The molecule has 4 rings (SSSR count). The van der Waals surface area contributed by atoms with Gasteiger partial charge in [-0.3, -0.25) is 9.59 Å². The molecule has 2 aromatic carbocycles. The topological polar surface area (TPSA) is 101 Å². The first-order valence-electron chi connectivity index (χ1n) is 10.9. The van der Waals surface area contributed by atoms with Crippen LogP contribution in [0.5, 0.6) is 11.5 Å². The zero-order chi connectivity index (χ0) is 26.0. The first-order valence-corrected chi connectivity index (χ1v) is 11.3. The zero-order valence-electron chi connectivity index (χ0n) is 18.9. The molecule has 36 heavy (non-hydrogen) atoms. The molecule has 0 saturated heterocycles. The summed E-state index contributed by atoms with van der Waals surface area (Å²) in [5.41, 5.74) is 0.468. The van der Waals surface area contributed by atoms with Crippen molar-refractivity contribution in [2.45, 2.75) is 32.0 Å². The van der Waals surface area contributed by atoms with Crippen molar-refractivity contribution in [2.24, 2.45) is 5.92 Å². The van der Waals surface area contributed by atoms with Gasteiger partial charge in [0.25, 0.3) is 0 Å². The van der Waals surface area contributed by atoms with Crippen LogP contribution in [0.4, 0.5) is 24.7 Å². The maximum absolute atomic E-state index is 13.1. The molecule has 0 saturated carbocycles. The number of hydrogen-bond acceptors (Lipinski definition) is 5. The summed E-state index contributed by atoms with van der Waals surface area (Å²) in [7, 11) is 0. The van der Waals surface area contributed by atoms with Gasteiger partial charge >= 0.3 is 6.18 Å². The normalized spacial score (nSPS) is 17.2. The summed E-state index contributed by atoms with van der Waals surface area (Å²) in [5.74, 6) is -0.536. The van der Waals surface area contributed by atoms with Crippen molar-refractivity contribution in [1.82, 2.24) is 4.98 Å². The van der Waals surface area contributed by atoms with Crippen molar-refractivity contribution in [1.29, 1.82) is 0 Å². The van der Waals surface area contributed by atoms with E-state index in [1.165, 1.54) is 19.2 Å². The number of fused-ring (bicyclic) bond motifs is 1. The zero-order valence-corrected chi connectivity index (χ0v) is 19.7. The van der Waals surface area contributed by atoms with Crippen molar-refractivity contribution >= 4 is 34.9 Å². The Labute approximate surface area is 209 Å². The summed E-state index contributed by atoms with van der Waals surface area (Å²) >= 11 is 5.64. The van der Waals surface area contributed by atoms with E-state index >= 15 is 0 Å². The average molecular weight is 520 g/mol. The van der Waals surface area contributed by atoms with E-state index in [9.17, 15) is 27.9 Å². The Bertz CT molecular complexity index is 1320. The minimum absolute atomic E-state index is 0.0699. The number of alkyl halides is 3. The molecule has 1 heterocycles. The number of carbonyl (C=O) groups excluding carboxylic acids is 2. The highest BCUT2D eigenvalue weighted by Crippen LogP contribution is 2.37. The number of aliphatic hydroxyl groups is 1. The highest BCUT2D eigenvalue weighted by molar-refractivity contribution is 6.31.